The van der Waals surface area contributed by atoms with Crippen LogP contribution in [0.3, 0.4) is 0 Å². The molecule has 0 unspecified atom stereocenters. The maximum absolute atomic E-state index is 2.42. The van der Waals surface area contributed by atoms with Crippen molar-refractivity contribution in [1.82, 2.24) is 4.57 Å². The minimum atomic E-state index is 1.08. The molecule has 0 bridgehead atoms. The second-order valence-corrected chi connectivity index (χ2v) is 18.1. The molecule has 0 atom stereocenters. The molecular formula is C68H46N2. The molecule has 0 aliphatic heterocycles. The molecule has 2 nitrogen and oxygen atoms in total. The summed E-state index contributed by atoms with van der Waals surface area (Å²) in [4.78, 5) is 2.40. The summed E-state index contributed by atoms with van der Waals surface area (Å²) in [6.07, 6.45) is 0. The Hall–Kier alpha value is -9.24. The normalized spacial score (nSPS) is 11.4. The maximum Gasteiger partial charge on any atom is 0.0553 e. The van der Waals surface area contributed by atoms with E-state index in [0.29, 0.717) is 0 Å². The van der Waals surface area contributed by atoms with Gasteiger partial charge in [-0.15, -0.1) is 0 Å². The van der Waals surface area contributed by atoms with Gasteiger partial charge in [0.25, 0.3) is 0 Å². The van der Waals surface area contributed by atoms with Crippen LogP contribution in [0.5, 0.6) is 0 Å². The van der Waals surface area contributed by atoms with Crippen LogP contribution in [-0.2, 0) is 0 Å². The van der Waals surface area contributed by atoms with Crippen molar-refractivity contribution in [2.75, 3.05) is 4.90 Å². The zero-order valence-electron chi connectivity index (χ0n) is 38.5. The fraction of sp³-hybridized carbons (Fsp3) is 0. The van der Waals surface area contributed by atoms with Crippen molar-refractivity contribution in [1.29, 1.82) is 0 Å². The summed E-state index contributed by atoms with van der Waals surface area (Å²) in [6.45, 7) is 0. The van der Waals surface area contributed by atoms with Gasteiger partial charge in [0, 0.05) is 33.5 Å². The van der Waals surface area contributed by atoms with Gasteiger partial charge in [-0.05, 0) is 144 Å². The van der Waals surface area contributed by atoms with E-state index in [1.54, 1.807) is 0 Å². The molecule has 0 spiro atoms. The third kappa shape index (κ3) is 7.31. The first-order chi connectivity index (χ1) is 34.7. The van der Waals surface area contributed by atoms with Crippen LogP contribution in [0, 0.1) is 0 Å². The van der Waals surface area contributed by atoms with Crippen molar-refractivity contribution in [3.05, 3.63) is 279 Å². The van der Waals surface area contributed by atoms with Crippen molar-refractivity contribution in [3.8, 4) is 61.3 Å². The minimum Gasteiger partial charge on any atom is -0.310 e. The molecule has 2 heteroatoms. The van der Waals surface area contributed by atoms with Crippen LogP contribution in [0.15, 0.2) is 279 Å². The number of nitrogens with zero attached hydrogens (tertiary/aromatic N) is 2. The molecule has 328 valence electrons. The molecular weight excluding hydrogens is 845 g/mol. The molecule has 1 heterocycles. The number of aromatic nitrogens is 1. The second kappa shape index (κ2) is 17.4. The second-order valence-electron chi connectivity index (χ2n) is 18.1. The molecule has 13 rings (SSSR count). The predicted octanol–water partition coefficient (Wildman–Crippen LogP) is 18.9. The summed E-state index contributed by atoms with van der Waals surface area (Å²) < 4.78 is 2.42. The highest BCUT2D eigenvalue weighted by molar-refractivity contribution is 6.17. The van der Waals surface area contributed by atoms with Crippen molar-refractivity contribution in [2.24, 2.45) is 0 Å². The number of para-hydroxylation sites is 2. The summed E-state index contributed by atoms with van der Waals surface area (Å²) in [7, 11) is 0. The fourth-order valence-corrected chi connectivity index (χ4v) is 10.6. The van der Waals surface area contributed by atoms with E-state index >= 15 is 0 Å². The molecule has 12 aromatic carbocycles. The van der Waals surface area contributed by atoms with E-state index in [1.165, 1.54) is 93.4 Å². The maximum atomic E-state index is 2.42. The van der Waals surface area contributed by atoms with Gasteiger partial charge in [0.1, 0.15) is 0 Å². The molecule has 0 radical (unpaired) electrons. The van der Waals surface area contributed by atoms with Crippen LogP contribution in [-0.4, -0.2) is 4.57 Å². The van der Waals surface area contributed by atoms with E-state index in [2.05, 4.69) is 289 Å². The van der Waals surface area contributed by atoms with Crippen molar-refractivity contribution in [3.63, 3.8) is 0 Å². The van der Waals surface area contributed by atoms with E-state index < -0.39 is 0 Å². The van der Waals surface area contributed by atoms with Gasteiger partial charge in [-0.3, -0.25) is 0 Å². The lowest BCUT2D eigenvalue weighted by molar-refractivity contribution is 1.18. The monoisotopic (exact) mass is 890 g/mol. The number of hydrogen-bond donors (Lipinski definition) is 0. The Balaban J connectivity index is 0.948. The first-order valence-electron chi connectivity index (χ1n) is 24.1. The standard InChI is InChI=1S/C68H46N2/c1-3-16-47(17-4-1)55-45-65(68-64-28-11-12-31-66(64)70(67(68)46-55)56-23-5-2-6-24-56)54-22-13-25-59(44-54)69(58-42-38-53(39-43-58)63-30-15-21-51-19-8-10-27-61(51)63)57-40-36-49(37-41-57)48-32-34-52(35-33-48)62-29-14-20-50-18-7-9-26-60(50)62/h1-46H. The Morgan fingerprint density at radius 1 is 0.243 bits per heavy atom. The van der Waals surface area contributed by atoms with E-state index in [-0.39, 0.29) is 0 Å². The Morgan fingerprint density at radius 3 is 1.33 bits per heavy atom. The topological polar surface area (TPSA) is 8.17 Å². The average Bonchev–Trinajstić information content (AvgIpc) is 3.78. The van der Waals surface area contributed by atoms with E-state index in [9.17, 15) is 0 Å². The predicted molar refractivity (Wildman–Crippen MR) is 298 cm³/mol. The lowest BCUT2D eigenvalue weighted by atomic mass is 9.94. The Kier molecular flexibility index (Phi) is 10.2. The van der Waals surface area contributed by atoms with E-state index in [1.807, 2.05) is 0 Å². The van der Waals surface area contributed by atoms with Crippen LogP contribution in [0.2, 0.25) is 0 Å². The molecule has 0 aliphatic carbocycles. The molecule has 0 fully saturated rings. The highest BCUT2D eigenvalue weighted by atomic mass is 15.1. The van der Waals surface area contributed by atoms with E-state index in [4.69, 9.17) is 0 Å². The molecule has 13 aromatic rings. The molecule has 0 aliphatic rings. The quantitative estimate of drug-likeness (QED) is 0.140. The number of benzene rings is 12. The van der Waals surface area contributed by atoms with Gasteiger partial charge in [-0.1, -0.05) is 212 Å². The highest BCUT2D eigenvalue weighted by Gasteiger charge is 2.20. The number of rotatable bonds is 9. The fourth-order valence-electron chi connectivity index (χ4n) is 10.6. The summed E-state index contributed by atoms with van der Waals surface area (Å²) >= 11 is 0. The van der Waals surface area contributed by atoms with Gasteiger partial charge in [0.2, 0.25) is 0 Å². The van der Waals surface area contributed by atoms with Crippen molar-refractivity contribution in [2.45, 2.75) is 0 Å². The Bertz CT molecular complexity index is 4010. The third-order valence-electron chi connectivity index (χ3n) is 14.0. The van der Waals surface area contributed by atoms with Gasteiger partial charge in [0.05, 0.1) is 11.0 Å². The van der Waals surface area contributed by atoms with Crippen LogP contribution in [0.4, 0.5) is 17.1 Å². The summed E-state index contributed by atoms with van der Waals surface area (Å²) in [5, 5.41) is 7.47. The van der Waals surface area contributed by atoms with Crippen molar-refractivity contribution < 1.29 is 0 Å². The number of fused-ring (bicyclic) bond motifs is 5. The lowest BCUT2D eigenvalue weighted by Crippen LogP contribution is -2.10. The summed E-state index contributed by atoms with van der Waals surface area (Å²) in [6, 6.07) is 102. The molecule has 0 saturated carbocycles. The zero-order chi connectivity index (χ0) is 46.4. The van der Waals surface area contributed by atoms with Crippen LogP contribution in [0.1, 0.15) is 0 Å². The molecule has 0 saturated heterocycles. The Morgan fingerprint density at radius 2 is 0.700 bits per heavy atom. The number of hydrogen-bond acceptors (Lipinski definition) is 1. The molecule has 70 heavy (non-hydrogen) atoms. The van der Waals surface area contributed by atoms with E-state index in [0.717, 1.165) is 28.3 Å². The zero-order valence-corrected chi connectivity index (χ0v) is 38.5. The van der Waals surface area contributed by atoms with Gasteiger partial charge in [0.15, 0.2) is 0 Å². The smallest absolute Gasteiger partial charge is 0.0553 e. The van der Waals surface area contributed by atoms with Gasteiger partial charge in [-0.25, -0.2) is 0 Å². The van der Waals surface area contributed by atoms with Crippen LogP contribution < -0.4 is 4.90 Å². The average molecular weight is 891 g/mol. The largest absolute Gasteiger partial charge is 0.310 e. The first kappa shape index (κ1) is 41.0. The highest BCUT2D eigenvalue weighted by Crippen LogP contribution is 2.44. The SMILES string of the molecule is c1ccc(-c2cc(-c3cccc(N(c4ccc(-c5ccc(-c6cccc7ccccc67)cc5)cc4)c4ccc(-c5cccc6ccccc56)cc4)c3)c3c4ccccc4n(-c4ccccc4)c3c2)cc1. The summed E-state index contributed by atoms with van der Waals surface area (Å²) in [5.41, 5.74) is 18.7. The molecule has 0 amide bonds. The van der Waals surface area contributed by atoms with Crippen molar-refractivity contribution >= 4 is 60.4 Å². The van der Waals surface area contributed by atoms with Crippen LogP contribution in [0.25, 0.3) is 105 Å². The number of anilines is 3. The molecule has 1 aromatic heterocycles. The third-order valence-corrected chi connectivity index (χ3v) is 14.0. The Labute approximate surface area is 408 Å². The van der Waals surface area contributed by atoms with Crippen LogP contribution >= 0.6 is 0 Å². The van der Waals surface area contributed by atoms with Gasteiger partial charge in [-0.2, -0.15) is 0 Å². The molecule has 0 N–H and O–H groups in total. The first-order valence-corrected chi connectivity index (χ1v) is 24.1. The minimum absolute atomic E-state index is 1.08. The summed E-state index contributed by atoms with van der Waals surface area (Å²) in [5.74, 6) is 0. The van der Waals surface area contributed by atoms with Gasteiger partial charge >= 0.3 is 0 Å². The lowest BCUT2D eigenvalue weighted by Gasteiger charge is -2.26. The van der Waals surface area contributed by atoms with Gasteiger partial charge < -0.3 is 9.47 Å².